The number of anilines is 3. The molecular formula is C27H24Cl2N6O2. The smallest absolute Gasteiger partial charge is 0.268 e. The zero-order chi connectivity index (χ0) is 25.4. The van der Waals surface area contributed by atoms with Crippen molar-refractivity contribution in [3.05, 3.63) is 88.3 Å². The Hall–Kier alpha value is -3.59. The number of piperidine rings is 1. The van der Waals surface area contributed by atoms with Crippen LogP contribution >= 0.6 is 23.2 Å². The lowest BCUT2D eigenvalue weighted by atomic mass is 9.89. The average Bonchev–Trinajstić information content (AvgIpc) is 3.45. The molecule has 0 saturated carbocycles. The lowest BCUT2D eigenvalue weighted by molar-refractivity contribution is 0.0932. The van der Waals surface area contributed by atoms with E-state index < -0.39 is 0 Å². The molecule has 0 radical (unpaired) electrons. The second-order valence-electron chi connectivity index (χ2n) is 9.00. The summed E-state index contributed by atoms with van der Waals surface area (Å²) in [6, 6.07) is 15.4. The number of amides is 1. The molecule has 4 heterocycles. The molecule has 2 N–H and O–H groups in total. The minimum atomic E-state index is -0.330. The normalized spacial score (nSPS) is 15.8. The van der Waals surface area contributed by atoms with Crippen LogP contribution in [0.1, 0.15) is 34.7 Å². The van der Waals surface area contributed by atoms with Crippen LogP contribution in [0.25, 0.3) is 5.69 Å². The number of carbonyl (C=O) groups excluding carboxylic acids is 1. The van der Waals surface area contributed by atoms with Crippen LogP contribution in [0.3, 0.4) is 0 Å². The quantitative estimate of drug-likeness (QED) is 0.337. The first kappa shape index (κ1) is 23.8. The molecule has 1 amide bonds. The molecular weight excluding hydrogens is 511 g/mol. The Bertz CT molecular complexity index is 1430. The van der Waals surface area contributed by atoms with E-state index in [0.717, 1.165) is 37.3 Å². The van der Waals surface area contributed by atoms with Gasteiger partial charge in [-0.1, -0.05) is 35.3 Å². The zero-order valence-electron chi connectivity index (χ0n) is 19.8. The zero-order valence-corrected chi connectivity index (χ0v) is 21.3. The number of hydrogen-bond acceptors (Lipinski definition) is 6. The van der Waals surface area contributed by atoms with Crippen LogP contribution in [-0.2, 0) is 0 Å². The number of ether oxygens (including phenoxy) is 1. The van der Waals surface area contributed by atoms with Gasteiger partial charge in [0.05, 0.1) is 21.4 Å². The lowest BCUT2D eigenvalue weighted by Gasteiger charge is -2.29. The molecule has 1 fully saturated rings. The molecule has 0 spiro atoms. The van der Waals surface area contributed by atoms with Crippen LogP contribution in [0.15, 0.2) is 67.1 Å². The number of nitrogens with one attached hydrogen (secondary N) is 2. The van der Waals surface area contributed by atoms with Crippen molar-refractivity contribution in [1.82, 2.24) is 19.9 Å². The van der Waals surface area contributed by atoms with Crippen molar-refractivity contribution in [1.29, 1.82) is 0 Å². The first-order valence-electron chi connectivity index (χ1n) is 12.1. The molecule has 2 aliphatic rings. The van der Waals surface area contributed by atoms with Crippen molar-refractivity contribution >= 4 is 46.4 Å². The minimum absolute atomic E-state index is 0.0611. The Kier molecular flexibility index (Phi) is 6.46. The van der Waals surface area contributed by atoms with Gasteiger partial charge in [0.25, 0.3) is 5.91 Å². The molecule has 0 aliphatic carbocycles. The van der Waals surface area contributed by atoms with Gasteiger partial charge in [-0.25, -0.2) is 4.98 Å². The first-order valence-corrected chi connectivity index (χ1v) is 12.8. The van der Waals surface area contributed by atoms with E-state index in [0.29, 0.717) is 27.6 Å². The highest BCUT2D eigenvalue weighted by atomic mass is 35.5. The van der Waals surface area contributed by atoms with Crippen molar-refractivity contribution in [2.24, 2.45) is 0 Å². The van der Waals surface area contributed by atoms with E-state index in [4.69, 9.17) is 27.9 Å². The third-order valence-electron chi connectivity index (χ3n) is 6.72. The molecule has 0 atom stereocenters. The number of halogens is 2. The SMILES string of the molecule is O=C1c2cnc(Nc3ccc(C4CCNCC4)c(-n4cccc4)c3)nc2OCN1c1c(Cl)cccc1Cl. The van der Waals surface area contributed by atoms with E-state index in [-0.39, 0.29) is 24.1 Å². The lowest BCUT2D eigenvalue weighted by Crippen LogP contribution is -2.39. The molecule has 10 heteroatoms. The summed E-state index contributed by atoms with van der Waals surface area (Å²) in [5.74, 6) is 0.716. The molecule has 0 bridgehead atoms. The summed E-state index contributed by atoms with van der Waals surface area (Å²) in [6.45, 7) is 1.99. The maximum Gasteiger partial charge on any atom is 0.268 e. The fraction of sp³-hybridized carbons (Fsp3) is 0.222. The van der Waals surface area contributed by atoms with Crippen LogP contribution < -0.4 is 20.3 Å². The van der Waals surface area contributed by atoms with Crippen molar-refractivity contribution in [3.8, 4) is 11.6 Å². The van der Waals surface area contributed by atoms with Gasteiger partial charge in [-0.05, 0) is 73.8 Å². The van der Waals surface area contributed by atoms with Crippen LogP contribution in [-0.4, -0.2) is 40.3 Å². The maximum atomic E-state index is 13.2. The monoisotopic (exact) mass is 534 g/mol. The number of benzene rings is 2. The average molecular weight is 535 g/mol. The number of nitrogens with zero attached hydrogens (tertiary/aromatic N) is 4. The topological polar surface area (TPSA) is 84.3 Å². The van der Waals surface area contributed by atoms with Crippen molar-refractivity contribution in [2.75, 3.05) is 30.0 Å². The van der Waals surface area contributed by atoms with Crippen molar-refractivity contribution in [3.63, 3.8) is 0 Å². The highest BCUT2D eigenvalue weighted by Gasteiger charge is 2.31. The van der Waals surface area contributed by atoms with Crippen LogP contribution in [0.2, 0.25) is 10.0 Å². The molecule has 37 heavy (non-hydrogen) atoms. The van der Waals surface area contributed by atoms with Gasteiger partial charge in [0, 0.05) is 24.3 Å². The Balaban J connectivity index is 1.27. The maximum absolute atomic E-state index is 13.2. The van der Waals surface area contributed by atoms with Gasteiger partial charge >= 0.3 is 0 Å². The number of aromatic nitrogens is 3. The summed E-state index contributed by atoms with van der Waals surface area (Å²) in [5.41, 5.74) is 3.92. The summed E-state index contributed by atoms with van der Waals surface area (Å²) in [7, 11) is 0. The Morgan fingerprint density at radius 2 is 1.78 bits per heavy atom. The number of carbonyl (C=O) groups is 1. The molecule has 6 rings (SSSR count). The molecule has 0 unspecified atom stereocenters. The van der Waals surface area contributed by atoms with Crippen LogP contribution in [0.5, 0.6) is 5.88 Å². The Morgan fingerprint density at radius 3 is 2.54 bits per heavy atom. The summed E-state index contributed by atoms with van der Waals surface area (Å²) in [5, 5.41) is 7.43. The van der Waals surface area contributed by atoms with E-state index in [9.17, 15) is 4.79 Å². The highest BCUT2D eigenvalue weighted by molar-refractivity contribution is 6.40. The summed E-state index contributed by atoms with van der Waals surface area (Å²) >= 11 is 12.6. The molecule has 188 valence electrons. The number of rotatable bonds is 5. The highest BCUT2D eigenvalue weighted by Crippen LogP contribution is 2.37. The molecule has 1 saturated heterocycles. The van der Waals surface area contributed by atoms with Gasteiger partial charge in [-0.3, -0.25) is 9.69 Å². The Morgan fingerprint density at radius 1 is 1.03 bits per heavy atom. The molecule has 2 aromatic heterocycles. The number of hydrogen-bond donors (Lipinski definition) is 2. The largest absolute Gasteiger partial charge is 0.455 e. The van der Waals surface area contributed by atoms with Crippen molar-refractivity contribution in [2.45, 2.75) is 18.8 Å². The first-order chi connectivity index (χ1) is 18.1. The van der Waals surface area contributed by atoms with E-state index in [1.54, 1.807) is 18.2 Å². The predicted molar refractivity (Wildman–Crippen MR) is 145 cm³/mol. The summed E-state index contributed by atoms with van der Waals surface area (Å²) in [6.07, 6.45) is 7.78. The molecule has 2 aliphatic heterocycles. The standard InChI is InChI=1S/C27H24Cl2N6O2/c28-21-4-3-5-22(29)24(21)35-16-37-25-20(26(35)36)15-31-27(33-25)32-18-6-7-19(17-8-10-30-11-9-17)23(14-18)34-12-1-2-13-34/h1-7,12-15,17,30H,8-11,16H2,(H,31,32,33). The van der Waals surface area contributed by atoms with Gasteiger partial charge in [0.2, 0.25) is 11.8 Å². The fourth-order valence-electron chi connectivity index (χ4n) is 4.87. The van der Waals surface area contributed by atoms with Gasteiger partial charge in [0.1, 0.15) is 5.56 Å². The van der Waals surface area contributed by atoms with Crippen LogP contribution in [0.4, 0.5) is 17.3 Å². The second kappa shape index (κ2) is 10.0. The van der Waals surface area contributed by atoms with E-state index >= 15 is 0 Å². The minimum Gasteiger partial charge on any atom is -0.455 e. The predicted octanol–water partition coefficient (Wildman–Crippen LogP) is 5.78. The third kappa shape index (κ3) is 4.64. The van der Waals surface area contributed by atoms with Gasteiger partial charge in [-0.2, -0.15) is 4.98 Å². The molecule has 8 nitrogen and oxygen atoms in total. The van der Waals surface area contributed by atoms with E-state index in [1.165, 1.54) is 16.7 Å². The van der Waals surface area contributed by atoms with Crippen LogP contribution in [0, 0.1) is 0 Å². The van der Waals surface area contributed by atoms with E-state index in [1.807, 2.05) is 18.2 Å². The number of fused-ring (bicyclic) bond motifs is 1. The van der Waals surface area contributed by atoms with Crippen molar-refractivity contribution < 1.29 is 9.53 Å². The third-order valence-corrected chi connectivity index (χ3v) is 7.33. The van der Waals surface area contributed by atoms with Gasteiger partial charge in [-0.15, -0.1) is 0 Å². The van der Waals surface area contributed by atoms with Gasteiger partial charge < -0.3 is 19.9 Å². The summed E-state index contributed by atoms with van der Waals surface area (Å²) < 4.78 is 7.95. The second-order valence-corrected chi connectivity index (χ2v) is 9.82. The summed E-state index contributed by atoms with van der Waals surface area (Å²) in [4.78, 5) is 23.4. The molecule has 4 aromatic rings. The van der Waals surface area contributed by atoms with Gasteiger partial charge in [0.15, 0.2) is 6.73 Å². The fourth-order valence-corrected chi connectivity index (χ4v) is 5.47. The van der Waals surface area contributed by atoms with E-state index in [2.05, 4.69) is 49.7 Å². The Labute approximate surface area is 224 Å². The molecule has 2 aromatic carbocycles. The number of para-hydroxylation sites is 1.